The van der Waals surface area contributed by atoms with Crippen LogP contribution >= 0.6 is 0 Å². The summed E-state index contributed by atoms with van der Waals surface area (Å²) in [6, 6.07) is 8.61. The van der Waals surface area contributed by atoms with Crippen molar-refractivity contribution >= 4 is 11.9 Å². The van der Waals surface area contributed by atoms with Crippen molar-refractivity contribution in [3.8, 4) is 0 Å². The number of nitrogens with two attached hydrogens (primary N) is 1. The second kappa shape index (κ2) is 9.06. The van der Waals surface area contributed by atoms with E-state index in [1.165, 1.54) is 0 Å². The molecule has 0 saturated heterocycles. The van der Waals surface area contributed by atoms with Crippen LogP contribution in [0.15, 0.2) is 30.3 Å². The van der Waals surface area contributed by atoms with Crippen molar-refractivity contribution in [2.24, 2.45) is 5.73 Å². The van der Waals surface area contributed by atoms with Crippen molar-refractivity contribution in [3.05, 3.63) is 35.9 Å². The Morgan fingerprint density at radius 3 is 2.60 bits per heavy atom. The maximum atomic E-state index is 11.6. The van der Waals surface area contributed by atoms with Crippen molar-refractivity contribution in [2.45, 2.75) is 25.5 Å². The van der Waals surface area contributed by atoms with Crippen LogP contribution in [0.1, 0.15) is 18.4 Å². The smallest absolute Gasteiger partial charge is 0.329 e. The van der Waals surface area contributed by atoms with Gasteiger partial charge in [-0.1, -0.05) is 30.3 Å². The molecule has 1 atom stereocenters. The van der Waals surface area contributed by atoms with Crippen LogP contribution in [0, 0.1) is 0 Å². The van der Waals surface area contributed by atoms with Crippen molar-refractivity contribution in [3.63, 3.8) is 0 Å². The SMILES string of the molecule is NC(CCCOCC(=O)O)C(=O)OCc1ccccc1. The number of carbonyl (C=O) groups is 2. The number of esters is 1. The second-order valence-corrected chi connectivity index (χ2v) is 4.29. The summed E-state index contributed by atoms with van der Waals surface area (Å²) >= 11 is 0. The lowest BCUT2D eigenvalue weighted by Crippen LogP contribution is -2.32. The summed E-state index contributed by atoms with van der Waals surface area (Å²) in [6.07, 6.45) is 0.905. The van der Waals surface area contributed by atoms with Crippen LogP contribution in [0.2, 0.25) is 0 Å². The van der Waals surface area contributed by atoms with Gasteiger partial charge < -0.3 is 20.3 Å². The quantitative estimate of drug-likeness (QED) is 0.516. The average Bonchev–Trinajstić information content (AvgIpc) is 2.45. The molecule has 1 rings (SSSR count). The lowest BCUT2D eigenvalue weighted by molar-refractivity contribution is -0.147. The van der Waals surface area contributed by atoms with Crippen LogP contribution in [-0.2, 0) is 25.7 Å². The van der Waals surface area contributed by atoms with Gasteiger partial charge >= 0.3 is 11.9 Å². The highest BCUT2D eigenvalue weighted by atomic mass is 16.5. The molecule has 3 N–H and O–H groups in total. The van der Waals surface area contributed by atoms with Crippen LogP contribution < -0.4 is 5.73 Å². The maximum absolute atomic E-state index is 11.6. The van der Waals surface area contributed by atoms with E-state index in [0.717, 1.165) is 5.56 Å². The number of benzene rings is 1. The summed E-state index contributed by atoms with van der Waals surface area (Å²) in [4.78, 5) is 21.8. The molecule has 110 valence electrons. The van der Waals surface area contributed by atoms with Crippen molar-refractivity contribution in [2.75, 3.05) is 13.2 Å². The van der Waals surface area contributed by atoms with E-state index in [4.69, 9.17) is 20.3 Å². The van der Waals surface area contributed by atoms with Crippen molar-refractivity contribution in [1.82, 2.24) is 0 Å². The number of carbonyl (C=O) groups excluding carboxylic acids is 1. The largest absolute Gasteiger partial charge is 0.480 e. The highest BCUT2D eigenvalue weighted by molar-refractivity contribution is 5.75. The Morgan fingerprint density at radius 2 is 1.95 bits per heavy atom. The van der Waals surface area contributed by atoms with Crippen LogP contribution in [0.5, 0.6) is 0 Å². The standard InChI is InChI=1S/C14H19NO5/c15-12(7-4-8-19-10-13(16)17)14(18)20-9-11-5-2-1-3-6-11/h1-3,5-6,12H,4,7-10,15H2,(H,16,17). The predicted molar refractivity (Wildman–Crippen MR) is 71.9 cm³/mol. The van der Waals surface area contributed by atoms with E-state index in [9.17, 15) is 9.59 Å². The molecule has 1 aromatic carbocycles. The molecule has 0 heterocycles. The van der Waals surface area contributed by atoms with Gasteiger partial charge in [-0.3, -0.25) is 4.79 Å². The molecule has 0 radical (unpaired) electrons. The normalized spacial score (nSPS) is 11.8. The summed E-state index contributed by atoms with van der Waals surface area (Å²) < 4.78 is 9.93. The monoisotopic (exact) mass is 281 g/mol. The Bertz CT molecular complexity index is 421. The van der Waals surface area contributed by atoms with Crippen molar-refractivity contribution < 1.29 is 24.2 Å². The van der Waals surface area contributed by atoms with Gasteiger partial charge in [-0.15, -0.1) is 0 Å². The number of aliphatic carboxylic acids is 1. The number of hydrogen-bond acceptors (Lipinski definition) is 5. The van der Waals surface area contributed by atoms with Crippen LogP contribution in [-0.4, -0.2) is 36.3 Å². The summed E-state index contributed by atoms with van der Waals surface area (Å²) in [5.74, 6) is -1.48. The Morgan fingerprint density at radius 1 is 1.25 bits per heavy atom. The van der Waals surface area contributed by atoms with E-state index in [0.29, 0.717) is 12.8 Å². The average molecular weight is 281 g/mol. The highest BCUT2D eigenvalue weighted by Crippen LogP contribution is 2.03. The van der Waals surface area contributed by atoms with E-state index >= 15 is 0 Å². The molecule has 6 nitrogen and oxygen atoms in total. The summed E-state index contributed by atoms with van der Waals surface area (Å²) in [5, 5.41) is 8.36. The molecule has 0 aromatic heterocycles. The molecular weight excluding hydrogens is 262 g/mol. The molecule has 0 aliphatic rings. The van der Waals surface area contributed by atoms with Crippen LogP contribution in [0.25, 0.3) is 0 Å². The van der Waals surface area contributed by atoms with E-state index in [-0.39, 0.29) is 19.8 Å². The zero-order chi connectivity index (χ0) is 14.8. The van der Waals surface area contributed by atoms with E-state index < -0.39 is 18.0 Å². The molecule has 6 heteroatoms. The lowest BCUT2D eigenvalue weighted by atomic mass is 10.2. The minimum Gasteiger partial charge on any atom is -0.480 e. The highest BCUT2D eigenvalue weighted by Gasteiger charge is 2.14. The Balaban J connectivity index is 2.14. The first-order valence-corrected chi connectivity index (χ1v) is 6.35. The molecule has 0 amide bonds. The number of rotatable bonds is 9. The van der Waals surface area contributed by atoms with E-state index in [1.54, 1.807) is 0 Å². The van der Waals surface area contributed by atoms with Gasteiger partial charge in [0.2, 0.25) is 0 Å². The van der Waals surface area contributed by atoms with Crippen LogP contribution in [0.3, 0.4) is 0 Å². The fourth-order valence-electron chi connectivity index (χ4n) is 1.52. The third kappa shape index (κ3) is 6.86. The summed E-state index contributed by atoms with van der Waals surface area (Å²) in [6.45, 7) is 0.114. The Labute approximate surface area is 117 Å². The maximum Gasteiger partial charge on any atom is 0.329 e. The van der Waals surface area contributed by atoms with Gasteiger partial charge in [-0.05, 0) is 18.4 Å². The number of carboxylic acids is 1. The molecule has 1 aromatic rings. The van der Waals surface area contributed by atoms with Gasteiger partial charge in [-0.2, -0.15) is 0 Å². The fraction of sp³-hybridized carbons (Fsp3) is 0.429. The van der Waals surface area contributed by atoms with E-state index in [2.05, 4.69) is 0 Å². The minimum atomic E-state index is -1.02. The Kier molecular flexibility index (Phi) is 7.31. The lowest BCUT2D eigenvalue weighted by Gasteiger charge is -2.11. The molecule has 0 aliphatic heterocycles. The molecule has 0 saturated carbocycles. The summed E-state index contributed by atoms with van der Waals surface area (Å²) in [5.41, 5.74) is 6.58. The third-order valence-corrected chi connectivity index (χ3v) is 2.56. The molecule has 20 heavy (non-hydrogen) atoms. The van der Waals surface area contributed by atoms with Gasteiger partial charge in [-0.25, -0.2) is 4.79 Å². The first kappa shape index (κ1) is 16.1. The molecule has 0 spiro atoms. The Hall–Kier alpha value is -1.92. The van der Waals surface area contributed by atoms with Gasteiger partial charge in [0.25, 0.3) is 0 Å². The number of ether oxygens (including phenoxy) is 2. The minimum absolute atomic E-state index is 0.197. The zero-order valence-electron chi connectivity index (χ0n) is 11.2. The van der Waals surface area contributed by atoms with E-state index in [1.807, 2.05) is 30.3 Å². The number of hydrogen-bond donors (Lipinski definition) is 2. The van der Waals surface area contributed by atoms with Gasteiger partial charge in [0.15, 0.2) is 0 Å². The van der Waals surface area contributed by atoms with Crippen LogP contribution in [0.4, 0.5) is 0 Å². The van der Waals surface area contributed by atoms with Crippen molar-refractivity contribution in [1.29, 1.82) is 0 Å². The number of carboxylic acid groups (broad SMARTS) is 1. The first-order valence-electron chi connectivity index (χ1n) is 6.35. The summed E-state index contributed by atoms with van der Waals surface area (Å²) in [7, 11) is 0. The molecule has 0 aliphatic carbocycles. The fourth-order valence-corrected chi connectivity index (χ4v) is 1.52. The third-order valence-electron chi connectivity index (χ3n) is 2.56. The first-order chi connectivity index (χ1) is 9.59. The molecule has 0 fully saturated rings. The molecule has 0 bridgehead atoms. The van der Waals surface area contributed by atoms with Gasteiger partial charge in [0, 0.05) is 6.61 Å². The topological polar surface area (TPSA) is 98.9 Å². The van der Waals surface area contributed by atoms with Gasteiger partial charge in [0.05, 0.1) is 0 Å². The van der Waals surface area contributed by atoms with Gasteiger partial charge in [0.1, 0.15) is 19.3 Å². The zero-order valence-corrected chi connectivity index (χ0v) is 11.2. The predicted octanol–water partition coefficient (Wildman–Crippen LogP) is 0.939. The molecular formula is C14H19NO5. The second-order valence-electron chi connectivity index (χ2n) is 4.29. The molecule has 1 unspecified atom stereocenters.